The van der Waals surface area contributed by atoms with Gasteiger partial charge in [0.2, 0.25) is 6.23 Å². The molecule has 38 heavy (non-hydrogen) atoms. The maximum Gasteiger partial charge on any atom is 0.459 e. The van der Waals surface area contributed by atoms with Gasteiger partial charge in [0.25, 0.3) is 0 Å². The van der Waals surface area contributed by atoms with E-state index >= 15 is 8.78 Å². The van der Waals surface area contributed by atoms with Crippen LogP contribution in [0.4, 0.5) is 14.6 Å². The number of esters is 2. The zero-order chi connectivity index (χ0) is 27.5. The number of carbonyl (C=O) groups is 2. The molecule has 0 amide bonds. The van der Waals surface area contributed by atoms with Gasteiger partial charge in [-0.3, -0.25) is 18.7 Å². The summed E-state index contributed by atoms with van der Waals surface area (Å²) in [5.74, 6) is -5.90. The zero-order valence-corrected chi connectivity index (χ0v) is 20.9. The van der Waals surface area contributed by atoms with Crippen LogP contribution in [0.15, 0.2) is 47.4 Å². The van der Waals surface area contributed by atoms with Crippen molar-refractivity contribution >= 4 is 25.5 Å². The summed E-state index contributed by atoms with van der Waals surface area (Å²) in [6, 6.07) is 7.68. The molecule has 5 atom stereocenters. The number of nitrogens with two attached hydrogens (primary N) is 1. The van der Waals surface area contributed by atoms with Gasteiger partial charge in [-0.05, 0) is 31.5 Å². The summed E-state index contributed by atoms with van der Waals surface area (Å²) in [4.78, 5) is 40.4. The number of hydrogen-bond acceptors (Lipinski definition) is 11. The van der Waals surface area contributed by atoms with Gasteiger partial charge >= 0.3 is 31.3 Å². The van der Waals surface area contributed by atoms with E-state index in [-0.39, 0.29) is 31.0 Å². The Morgan fingerprint density at radius 1 is 1.21 bits per heavy atom. The van der Waals surface area contributed by atoms with E-state index in [0.717, 1.165) is 12.3 Å². The van der Waals surface area contributed by atoms with Crippen LogP contribution in [0.3, 0.4) is 0 Å². The van der Waals surface area contributed by atoms with Crippen LogP contribution in [0.25, 0.3) is 0 Å². The summed E-state index contributed by atoms with van der Waals surface area (Å²) in [6.45, 7) is 0.257. The van der Waals surface area contributed by atoms with Crippen LogP contribution in [0.5, 0.6) is 5.75 Å². The van der Waals surface area contributed by atoms with Crippen LogP contribution < -0.4 is 21.0 Å². The first kappa shape index (κ1) is 27.6. The number of cyclic esters (lactones) is 1. The Hall–Kier alpha value is -3.39. The number of ether oxygens (including phenoxy) is 3. The van der Waals surface area contributed by atoms with Crippen molar-refractivity contribution in [1.82, 2.24) is 14.6 Å². The fourth-order valence-electron chi connectivity index (χ4n) is 3.74. The quantitative estimate of drug-likeness (QED) is 0.414. The Bertz CT molecular complexity index is 1280. The van der Waals surface area contributed by atoms with E-state index in [4.69, 9.17) is 29.0 Å². The van der Waals surface area contributed by atoms with Crippen LogP contribution in [-0.4, -0.2) is 58.9 Å². The number of carbonyl (C=O) groups excluding carboxylic acids is 2. The fraction of sp³-hybridized carbons (Fsp3) is 0.455. The lowest BCUT2D eigenvalue weighted by atomic mass is 10.1. The number of para-hydroxylation sites is 1. The number of nitrogens with one attached hydrogen (secondary N) is 1. The molecule has 1 aromatic carbocycles. The summed E-state index contributed by atoms with van der Waals surface area (Å²) >= 11 is 0. The van der Waals surface area contributed by atoms with Crippen molar-refractivity contribution in [2.45, 2.75) is 50.2 Å². The highest BCUT2D eigenvalue weighted by atomic mass is 31.2. The molecule has 0 radical (unpaired) electrons. The molecule has 0 unspecified atom stereocenters. The molecule has 13 nitrogen and oxygen atoms in total. The molecule has 2 aliphatic heterocycles. The number of nitrogens with zero attached hydrogens (tertiary/aromatic N) is 2. The topological polar surface area (TPSA) is 170 Å². The highest BCUT2D eigenvalue weighted by Gasteiger charge is 2.63. The summed E-state index contributed by atoms with van der Waals surface area (Å²) in [5, 5.41) is 2.42. The molecule has 2 aliphatic rings. The fourth-order valence-corrected chi connectivity index (χ4v) is 5.24. The maximum atomic E-state index is 15.5. The molecule has 3 N–H and O–H groups in total. The molecule has 2 aromatic rings. The van der Waals surface area contributed by atoms with Gasteiger partial charge in [-0.2, -0.15) is 18.9 Å². The monoisotopic (exact) mass is 558 g/mol. The van der Waals surface area contributed by atoms with Gasteiger partial charge in [0.1, 0.15) is 23.7 Å². The lowest BCUT2D eigenvalue weighted by molar-refractivity contribution is -0.177. The highest BCUT2D eigenvalue weighted by Crippen LogP contribution is 2.48. The third-order valence-corrected chi connectivity index (χ3v) is 7.21. The number of rotatable bonds is 3. The molecule has 0 saturated carbocycles. The first-order valence-electron chi connectivity index (χ1n) is 11.5. The highest BCUT2D eigenvalue weighted by molar-refractivity contribution is 7.52. The Morgan fingerprint density at radius 2 is 1.95 bits per heavy atom. The van der Waals surface area contributed by atoms with Gasteiger partial charge < -0.3 is 24.5 Å². The number of alkyl halides is 2. The first-order chi connectivity index (χ1) is 18.0. The molecule has 0 bridgehead atoms. The molecular formula is C22H25F2N4O9P. The molecule has 4 rings (SSSR count). The molecule has 0 aliphatic carbocycles. The first-order valence-corrected chi connectivity index (χ1v) is 13.0. The Morgan fingerprint density at radius 3 is 2.66 bits per heavy atom. The molecule has 1 aromatic heterocycles. The van der Waals surface area contributed by atoms with Crippen molar-refractivity contribution < 1.29 is 46.2 Å². The van der Waals surface area contributed by atoms with Crippen LogP contribution >= 0.6 is 7.75 Å². The SMILES string of the molecule is C[C@@H]1N[P@](=O)(Oc2ccccc2)OC[C@H]2O[C@@H](n3ccc(N)nc3=O)C(F)(F)[C@@H]2OC(=O)CCCOC1=O. The minimum atomic E-state index is -4.43. The average molecular weight is 558 g/mol. The molecule has 0 spiro atoms. The smallest absolute Gasteiger partial charge is 0.459 e. The number of aromatic nitrogens is 2. The maximum absolute atomic E-state index is 15.5. The van der Waals surface area contributed by atoms with Gasteiger partial charge in [-0.15, -0.1) is 0 Å². The summed E-state index contributed by atoms with van der Waals surface area (Å²) in [7, 11) is -4.43. The number of anilines is 1. The van der Waals surface area contributed by atoms with E-state index < -0.39 is 62.4 Å². The summed E-state index contributed by atoms with van der Waals surface area (Å²) in [5.41, 5.74) is 4.32. The minimum absolute atomic E-state index is 0.0272. The van der Waals surface area contributed by atoms with Crippen molar-refractivity contribution in [3.63, 3.8) is 0 Å². The van der Waals surface area contributed by atoms with E-state index in [0.29, 0.717) is 4.57 Å². The van der Waals surface area contributed by atoms with Crippen molar-refractivity contribution in [3.8, 4) is 5.75 Å². The van der Waals surface area contributed by atoms with Crippen molar-refractivity contribution in [2.75, 3.05) is 18.9 Å². The van der Waals surface area contributed by atoms with Crippen molar-refractivity contribution in [2.24, 2.45) is 0 Å². The van der Waals surface area contributed by atoms with Gasteiger partial charge in [0.15, 0.2) is 6.10 Å². The van der Waals surface area contributed by atoms with E-state index in [9.17, 15) is 18.9 Å². The Balaban J connectivity index is 1.67. The van der Waals surface area contributed by atoms with Crippen LogP contribution in [0.2, 0.25) is 0 Å². The van der Waals surface area contributed by atoms with Gasteiger partial charge in [0, 0.05) is 12.6 Å². The van der Waals surface area contributed by atoms with E-state index in [1.807, 2.05) is 0 Å². The Labute approximate surface area is 214 Å². The summed E-state index contributed by atoms with van der Waals surface area (Å²) in [6.07, 6.45) is -5.61. The second kappa shape index (κ2) is 11.2. The second-order valence-electron chi connectivity index (χ2n) is 8.47. The number of hydrogen-bond donors (Lipinski definition) is 2. The largest absolute Gasteiger partial charge is 0.465 e. The van der Waals surface area contributed by atoms with Crippen LogP contribution in [-0.2, 0) is 32.9 Å². The van der Waals surface area contributed by atoms with Crippen molar-refractivity contribution in [3.05, 3.63) is 53.1 Å². The molecular weight excluding hydrogens is 533 g/mol. The van der Waals surface area contributed by atoms with E-state index in [1.165, 1.54) is 19.1 Å². The number of nitrogen functional groups attached to an aromatic ring is 1. The predicted molar refractivity (Wildman–Crippen MR) is 125 cm³/mol. The number of halogens is 2. The molecule has 206 valence electrons. The van der Waals surface area contributed by atoms with Gasteiger partial charge in [0.05, 0.1) is 13.2 Å². The Kier molecular flexibility index (Phi) is 8.11. The predicted octanol–water partition coefficient (Wildman–Crippen LogP) is 1.79. The summed E-state index contributed by atoms with van der Waals surface area (Å²) < 4.78 is 71.6. The van der Waals surface area contributed by atoms with Gasteiger partial charge in [-0.1, -0.05) is 18.2 Å². The van der Waals surface area contributed by atoms with Gasteiger partial charge in [-0.25, -0.2) is 9.36 Å². The van der Waals surface area contributed by atoms with Crippen LogP contribution in [0, 0.1) is 0 Å². The van der Waals surface area contributed by atoms with E-state index in [2.05, 4.69) is 10.1 Å². The van der Waals surface area contributed by atoms with E-state index in [1.54, 1.807) is 18.2 Å². The zero-order valence-electron chi connectivity index (χ0n) is 20.0. The molecule has 2 fully saturated rings. The molecule has 16 heteroatoms. The normalized spacial score (nSPS) is 30.4. The average Bonchev–Trinajstić information content (AvgIpc) is 3.10. The second-order valence-corrected chi connectivity index (χ2v) is 10.2. The minimum Gasteiger partial charge on any atom is -0.465 e. The number of fused-ring (bicyclic) bond motifs is 1. The number of benzene rings is 1. The van der Waals surface area contributed by atoms with Crippen molar-refractivity contribution in [1.29, 1.82) is 0 Å². The standard InChI is InChI=1S/C22H25F2N4O9P/c1-13-19(30)33-11-5-8-17(29)36-18-15(12-34-38(32,27-13)37-14-6-3-2-4-7-14)35-20(22(18,23)24)28-10-9-16(25)26-21(28)31/h2-4,6-7,9-10,13,15,18,20H,5,8,11-12H2,1H3,(H,27,32)(H2,25,26,31)/t13-,15+,18+,20+,38+/m0/s1. The third-order valence-electron chi connectivity index (χ3n) is 5.56. The lowest BCUT2D eigenvalue weighted by Crippen LogP contribution is -2.45. The molecule has 2 saturated heterocycles. The van der Waals surface area contributed by atoms with Crippen LogP contribution in [0.1, 0.15) is 26.0 Å². The lowest BCUT2D eigenvalue weighted by Gasteiger charge is -2.26. The third kappa shape index (κ3) is 6.18. The molecule has 3 heterocycles.